The summed E-state index contributed by atoms with van der Waals surface area (Å²) < 4.78 is 0. The molecule has 2 aromatic carbocycles. The van der Waals surface area contributed by atoms with Gasteiger partial charge in [-0.05, 0) is 49.4 Å². The number of benzene rings is 2. The van der Waals surface area contributed by atoms with Gasteiger partial charge in [-0.2, -0.15) is 0 Å². The normalized spacial score (nSPS) is 14.9. The van der Waals surface area contributed by atoms with Crippen molar-refractivity contribution in [3.63, 3.8) is 0 Å². The third-order valence-corrected chi connectivity index (χ3v) is 4.97. The van der Waals surface area contributed by atoms with Crippen LogP contribution in [0.5, 0.6) is 0 Å². The molecule has 0 radical (unpaired) electrons. The SMILES string of the molecule is Cc1ccc(C2(CNC(=O)NCCc3ccc(Cl)cc3)CC2)cc1. The first-order valence-electron chi connectivity index (χ1n) is 8.41. The summed E-state index contributed by atoms with van der Waals surface area (Å²) in [5.41, 5.74) is 3.90. The van der Waals surface area contributed by atoms with Gasteiger partial charge in [0.15, 0.2) is 0 Å². The Bertz CT molecular complexity index is 691. The molecule has 0 saturated heterocycles. The molecule has 0 aromatic heterocycles. The fourth-order valence-corrected chi connectivity index (χ4v) is 3.03. The Morgan fingerprint density at radius 3 is 2.33 bits per heavy atom. The van der Waals surface area contributed by atoms with Crippen LogP contribution in [0.15, 0.2) is 48.5 Å². The van der Waals surface area contributed by atoms with E-state index in [0.29, 0.717) is 13.1 Å². The van der Waals surface area contributed by atoms with Crippen LogP contribution in [0.4, 0.5) is 4.79 Å². The highest BCUT2D eigenvalue weighted by Gasteiger charge is 2.44. The maximum absolute atomic E-state index is 12.0. The Labute approximate surface area is 148 Å². The van der Waals surface area contributed by atoms with E-state index in [1.54, 1.807) is 0 Å². The van der Waals surface area contributed by atoms with Gasteiger partial charge in [0.1, 0.15) is 0 Å². The molecule has 0 heterocycles. The van der Waals surface area contributed by atoms with Crippen LogP contribution in [0.3, 0.4) is 0 Å². The van der Waals surface area contributed by atoms with Crippen molar-refractivity contribution in [1.82, 2.24) is 10.6 Å². The molecular formula is C20H23ClN2O. The van der Waals surface area contributed by atoms with Crippen LogP contribution >= 0.6 is 11.6 Å². The third-order valence-electron chi connectivity index (χ3n) is 4.72. The minimum Gasteiger partial charge on any atom is -0.338 e. The summed E-state index contributed by atoms with van der Waals surface area (Å²) in [6.07, 6.45) is 3.08. The Morgan fingerprint density at radius 1 is 1.04 bits per heavy atom. The van der Waals surface area contributed by atoms with Crippen LogP contribution in [0.25, 0.3) is 0 Å². The second kappa shape index (κ2) is 7.27. The number of hydrogen-bond donors (Lipinski definition) is 2. The zero-order chi connectivity index (χ0) is 17.0. The predicted molar refractivity (Wildman–Crippen MR) is 98.6 cm³/mol. The van der Waals surface area contributed by atoms with Crippen LogP contribution in [-0.4, -0.2) is 19.1 Å². The number of rotatable bonds is 6. The molecule has 0 aliphatic heterocycles. The van der Waals surface area contributed by atoms with E-state index in [9.17, 15) is 4.79 Å². The molecule has 0 atom stereocenters. The number of amides is 2. The number of nitrogens with one attached hydrogen (secondary N) is 2. The van der Waals surface area contributed by atoms with Gasteiger partial charge in [0.2, 0.25) is 0 Å². The van der Waals surface area contributed by atoms with E-state index in [1.807, 2.05) is 24.3 Å². The first-order valence-corrected chi connectivity index (χ1v) is 8.79. The van der Waals surface area contributed by atoms with Crippen molar-refractivity contribution >= 4 is 17.6 Å². The summed E-state index contributed by atoms with van der Waals surface area (Å²) in [6, 6.07) is 16.3. The summed E-state index contributed by atoms with van der Waals surface area (Å²) in [6.45, 7) is 3.41. The summed E-state index contributed by atoms with van der Waals surface area (Å²) in [4.78, 5) is 12.0. The molecular weight excluding hydrogens is 320 g/mol. The van der Waals surface area contributed by atoms with Crippen LogP contribution in [-0.2, 0) is 11.8 Å². The highest BCUT2D eigenvalue weighted by molar-refractivity contribution is 6.30. The van der Waals surface area contributed by atoms with Gasteiger partial charge in [0, 0.05) is 23.5 Å². The highest BCUT2D eigenvalue weighted by atomic mass is 35.5. The second-order valence-electron chi connectivity index (χ2n) is 6.63. The van der Waals surface area contributed by atoms with Gasteiger partial charge in [-0.1, -0.05) is 53.6 Å². The fraction of sp³-hybridized carbons (Fsp3) is 0.350. The van der Waals surface area contributed by atoms with Gasteiger partial charge in [-0.3, -0.25) is 0 Å². The van der Waals surface area contributed by atoms with Crippen molar-refractivity contribution in [3.05, 3.63) is 70.2 Å². The molecule has 4 heteroatoms. The Hall–Kier alpha value is -2.00. The molecule has 3 rings (SSSR count). The topological polar surface area (TPSA) is 41.1 Å². The molecule has 2 N–H and O–H groups in total. The average Bonchev–Trinajstić information content (AvgIpc) is 3.37. The van der Waals surface area contributed by atoms with E-state index < -0.39 is 0 Å². The summed E-state index contributed by atoms with van der Waals surface area (Å²) >= 11 is 5.87. The van der Waals surface area contributed by atoms with Crippen molar-refractivity contribution in [1.29, 1.82) is 0 Å². The average molecular weight is 343 g/mol. The second-order valence-corrected chi connectivity index (χ2v) is 7.07. The minimum atomic E-state index is -0.0950. The largest absolute Gasteiger partial charge is 0.338 e. The molecule has 1 saturated carbocycles. The first-order chi connectivity index (χ1) is 11.6. The quantitative estimate of drug-likeness (QED) is 0.810. The Morgan fingerprint density at radius 2 is 1.71 bits per heavy atom. The molecule has 126 valence electrons. The molecule has 2 aromatic rings. The lowest BCUT2D eigenvalue weighted by Gasteiger charge is -2.17. The minimum absolute atomic E-state index is 0.0950. The van der Waals surface area contributed by atoms with Crippen molar-refractivity contribution in [2.24, 2.45) is 0 Å². The number of halogens is 1. The predicted octanol–water partition coefficient (Wildman–Crippen LogP) is 4.22. The molecule has 0 unspecified atom stereocenters. The highest BCUT2D eigenvalue weighted by Crippen LogP contribution is 2.47. The number of carbonyl (C=O) groups is 1. The lowest BCUT2D eigenvalue weighted by atomic mass is 9.95. The number of carbonyl (C=O) groups excluding carboxylic acids is 1. The smallest absolute Gasteiger partial charge is 0.314 e. The Balaban J connectivity index is 1.42. The van der Waals surface area contributed by atoms with Gasteiger partial charge >= 0.3 is 6.03 Å². The van der Waals surface area contributed by atoms with E-state index in [-0.39, 0.29) is 11.4 Å². The molecule has 1 aliphatic carbocycles. The van der Waals surface area contributed by atoms with E-state index in [0.717, 1.165) is 29.8 Å². The van der Waals surface area contributed by atoms with E-state index >= 15 is 0 Å². The van der Waals surface area contributed by atoms with Crippen LogP contribution < -0.4 is 10.6 Å². The van der Waals surface area contributed by atoms with Crippen LogP contribution in [0.2, 0.25) is 5.02 Å². The molecule has 0 bridgehead atoms. The van der Waals surface area contributed by atoms with Crippen molar-refractivity contribution in [3.8, 4) is 0 Å². The van der Waals surface area contributed by atoms with E-state index in [1.165, 1.54) is 11.1 Å². The molecule has 0 spiro atoms. The zero-order valence-corrected chi connectivity index (χ0v) is 14.7. The van der Waals surface area contributed by atoms with Crippen molar-refractivity contribution in [2.45, 2.75) is 31.6 Å². The van der Waals surface area contributed by atoms with E-state index in [2.05, 4.69) is 41.8 Å². The van der Waals surface area contributed by atoms with Crippen LogP contribution in [0, 0.1) is 6.92 Å². The van der Waals surface area contributed by atoms with Gasteiger partial charge in [0.25, 0.3) is 0 Å². The summed E-state index contributed by atoms with van der Waals surface area (Å²) in [7, 11) is 0. The number of urea groups is 1. The maximum atomic E-state index is 12.0. The molecule has 3 nitrogen and oxygen atoms in total. The fourth-order valence-electron chi connectivity index (χ4n) is 2.91. The standard InChI is InChI=1S/C20H23ClN2O/c1-15-2-6-17(7-3-15)20(11-12-20)14-23-19(24)22-13-10-16-4-8-18(21)9-5-16/h2-9H,10-14H2,1H3,(H2,22,23,24). The number of hydrogen-bond acceptors (Lipinski definition) is 1. The molecule has 1 aliphatic rings. The van der Waals surface area contributed by atoms with Gasteiger partial charge in [-0.15, -0.1) is 0 Å². The van der Waals surface area contributed by atoms with Gasteiger partial charge in [0.05, 0.1) is 0 Å². The van der Waals surface area contributed by atoms with Crippen molar-refractivity contribution in [2.75, 3.05) is 13.1 Å². The molecule has 24 heavy (non-hydrogen) atoms. The summed E-state index contributed by atoms with van der Waals surface area (Å²) in [5, 5.41) is 6.68. The van der Waals surface area contributed by atoms with Crippen LogP contribution in [0.1, 0.15) is 29.5 Å². The molecule has 2 amide bonds. The van der Waals surface area contributed by atoms with Gasteiger partial charge in [-0.25, -0.2) is 4.79 Å². The monoisotopic (exact) mass is 342 g/mol. The first kappa shape index (κ1) is 16.8. The zero-order valence-electron chi connectivity index (χ0n) is 13.9. The van der Waals surface area contributed by atoms with Gasteiger partial charge < -0.3 is 10.6 Å². The maximum Gasteiger partial charge on any atom is 0.314 e. The third kappa shape index (κ3) is 4.30. The van der Waals surface area contributed by atoms with Crippen molar-refractivity contribution < 1.29 is 4.79 Å². The Kier molecular flexibility index (Phi) is 5.10. The lowest BCUT2D eigenvalue weighted by Crippen LogP contribution is -2.40. The summed E-state index contributed by atoms with van der Waals surface area (Å²) in [5.74, 6) is 0. The lowest BCUT2D eigenvalue weighted by molar-refractivity contribution is 0.240. The molecule has 1 fully saturated rings. The number of aryl methyl sites for hydroxylation is 1. The van der Waals surface area contributed by atoms with E-state index in [4.69, 9.17) is 11.6 Å².